The van der Waals surface area contributed by atoms with E-state index >= 15 is 0 Å². The van der Waals surface area contributed by atoms with Gasteiger partial charge in [-0.05, 0) is 48.2 Å². The van der Waals surface area contributed by atoms with Crippen LogP contribution in [0.2, 0.25) is 0 Å². The minimum Gasteiger partial charge on any atom is -0.486 e. The third-order valence-electron chi connectivity index (χ3n) is 4.27. The van der Waals surface area contributed by atoms with Crippen LogP contribution in [0.1, 0.15) is 48.9 Å². The first kappa shape index (κ1) is 19.2. The summed E-state index contributed by atoms with van der Waals surface area (Å²) < 4.78 is 20.3. The summed E-state index contributed by atoms with van der Waals surface area (Å²) in [5.74, 6) is 7.64. The van der Waals surface area contributed by atoms with Crippen LogP contribution in [0.15, 0.2) is 53.7 Å². The Balaban J connectivity index is 1.62. The van der Waals surface area contributed by atoms with Gasteiger partial charge in [-0.1, -0.05) is 49.9 Å². The van der Waals surface area contributed by atoms with Gasteiger partial charge in [-0.25, -0.2) is 9.07 Å². The number of ether oxygens (including phenoxy) is 1. The van der Waals surface area contributed by atoms with Gasteiger partial charge in [0.25, 0.3) is 0 Å². The second kappa shape index (κ2) is 8.43. The van der Waals surface area contributed by atoms with Crippen LogP contribution >= 0.6 is 11.8 Å². The molecule has 5 nitrogen and oxygen atoms in total. The van der Waals surface area contributed by atoms with Crippen molar-refractivity contribution in [3.05, 3.63) is 71.3 Å². The second-order valence-corrected chi connectivity index (χ2v) is 7.90. The monoisotopic (exact) mass is 386 g/mol. The van der Waals surface area contributed by atoms with E-state index in [4.69, 9.17) is 10.6 Å². The van der Waals surface area contributed by atoms with Crippen LogP contribution in [0.25, 0.3) is 0 Å². The molecule has 0 radical (unpaired) electrons. The van der Waals surface area contributed by atoms with Crippen LogP contribution in [0.3, 0.4) is 0 Å². The number of halogens is 1. The molecular formula is C20H23FN4OS. The van der Waals surface area contributed by atoms with Crippen LogP contribution in [-0.4, -0.2) is 14.9 Å². The molecular weight excluding hydrogens is 363 g/mol. The SMILES string of the molecule is CC(C)c1ccc(OCc2nnc(SC(C)c3ccc(F)cc3)n2N)cc1. The van der Waals surface area contributed by atoms with Gasteiger partial charge in [-0.2, -0.15) is 0 Å². The van der Waals surface area contributed by atoms with Gasteiger partial charge in [-0.15, -0.1) is 10.2 Å². The van der Waals surface area contributed by atoms with E-state index < -0.39 is 0 Å². The van der Waals surface area contributed by atoms with Crippen LogP contribution in [0, 0.1) is 5.82 Å². The average Bonchev–Trinajstić information content (AvgIpc) is 3.00. The van der Waals surface area contributed by atoms with E-state index in [1.165, 1.54) is 34.1 Å². The minimum atomic E-state index is -0.251. The van der Waals surface area contributed by atoms with Crippen LogP contribution in [0.4, 0.5) is 4.39 Å². The van der Waals surface area contributed by atoms with E-state index in [1.54, 1.807) is 12.1 Å². The Labute approximate surface area is 162 Å². The van der Waals surface area contributed by atoms with Crippen LogP contribution < -0.4 is 10.6 Å². The number of thioether (sulfide) groups is 1. The summed E-state index contributed by atoms with van der Waals surface area (Å²) in [5.41, 5.74) is 2.25. The first-order chi connectivity index (χ1) is 12.9. The fraction of sp³-hybridized carbons (Fsp3) is 0.300. The first-order valence-corrected chi connectivity index (χ1v) is 9.66. The zero-order valence-electron chi connectivity index (χ0n) is 15.6. The highest BCUT2D eigenvalue weighted by atomic mass is 32.2. The lowest BCUT2D eigenvalue weighted by molar-refractivity contribution is 0.291. The number of aromatic nitrogens is 3. The lowest BCUT2D eigenvalue weighted by Gasteiger charge is -2.11. The topological polar surface area (TPSA) is 66.0 Å². The zero-order valence-corrected chi connectivity index (χ0v) is 16.4. The lowest BCUT2D eigenvalue weighted by atomic mass is 10.0. The summed E-state index contributed by atoms with van der Waals surface area (Å²) in [6.07, 6.45) is 0. The third kappa shape index (κ3) is 4.80. The number of hydrogen-bond donors (Lipinski definition) is 1. The van der Waals surface area contributed by atoms with Gasteiger partial charge in [0.15, 0.2) is 5.82 Å². The van der Waals surface area contributed by atoms with Crippen molar-refractivity contribution >= 4 is 11.8 Å². The molecule has 0 saturated carbocycles. The number of nitrogens with two attached hydrogens (primary N) is 1. The summed E-state index contributed by atoms with van der Waals surface area (Å²) >= 11 is 1.46. The van der Waals surface area contributed by atoms with E-state index in [2.05, 4.69) is 36.2 Å². The number of rotatable bonds is 7. The van der Waals surface area contributed by atoms with Crippen molar-refractivity contribution in [3.8, 4) is 5.75 Å². The third-order valence-corrected chi connectivity index (χ3v) is 5.39. The highest BCUT2D eigenvalue weighted by Gasteiger charge is 2.15. The maximum atomic E-state index is 13.1. The second-order valence-electron chi connectivity index (χ2n) is 6.59. The Hall–Kier alpha value is -2.54. The van der Waals surface area contributed by atoms with Gasteiger partial charge in [-0.3, -0.25) is 0 Å². The van der Waals surface area contributed by atoms with Gasteiger partial charge < -0.3 is 10.6 Å². The van der Waals surface area contributed by atoms with Crippen LogP contribution in [-0.2, 0) is 6.61 Å². The van der Waals surface area contributed by atoms with Crippen molar-refractivity contribution in [2.45, 2.75) is 43.7 Å². The largest absolute Gasteiger partial charge is 0.486 e. The molecule has 0 fully saturated rings. The van der Waals surface area contributed by atoms with E-state index in [-0.39, 0.29) is 17.7 Å². The fourth-order valence-electron chi connectivity index (χ4n) is 2.54. The Morgan fingerprint density at radius 2 is 1.63 bits per heavy atom. The number of nitrogen functional groups attached to an aromatic ring is 1. The highest BCUT2D eigenvalue weighted by molar-refractivity contribution is 7.99. The highest BCUT2D eigenvalue weighted by Crippen LogP contribution is 2.33. The molecule has 1 atom stereocenters. The van der Waals surface area contributed by atoms with Gasteiger partial charge in [0.1, 0.15) is 18.2 Å². The van der Waals surface area contributed by atoms with Gasteiger partial charge in [0.2, 0.25) is 5.16 Å². The maximum absolute atomic E-state index is 13.1. The Bertz CT molecular complexity index is 878. The van der Waals surface area contributed by atoms with Crippen molar-refractivity contribution in [2.75, 3.05) is 5.84 Å². The summed E-state index contributed by atoms with van der Waals surface area (Å²) in [7, 11) is 0. The van der Waals surface area contributed by atoms with Crippen molar-refractivity contribution in [3.63, 3.8) is 0 Å². The molecule has 27 heavy (non-hydrogen) atoms. The van der Waals surface area contributed by atoms with Gasteiger partial charge in [0.05, 0.1) is 0 Å². The quantitative estimate of drug-likeness (QED) is 0.471. The average molecular weight is 386 g/mol. The standard InChI is InChI=1S/C20H23FN4OS/c1-13(2)15-6-10-18(11-7-15)26-12-19-23-24-20(25(19)22)27-14(3)16-4-8-17(21)9-5-16/h4-11,13-14H,12,22H2,1-3H3. The minimum absolute atomic E-state index is 0.0643. The van der Waals surface area contributed by atoms with Gasteiger partial charge in [0, 0.05) is 5.25 Å². The summed E-state index contributed by atoms with van der Waals surface area (Å²) in [6.45, 7) is 6.55. The smallest absolute Gasteiger partial charge is 0.210 e. The fourth-order valence-corrected chi connectivity index (χ4v) is 3.46. The maximum Gasteiger partial charge on any atom is 0.210 e. The number of hydrogen-bond acceptors (Lipinski definition) is 5. The molecule has 3 rings (SSSR count). The molecule has 1 heterocycles. The number of benzene rings is 2. The molecule has 2 N–H and O–H groups in total. The molecule has 1 unspecified atom stereocenters. The Morgan fingerprint density at radius 3 is 2.26 bits per heavy atom. The molecule has 3 aromatic rings. The van der Waals surface area contributed by atoms with E-state index in [0.717, 1.165) is 11.3 Å². The summed E-state index contributed by atoms with van der Waals surface area (Å²) in [6, 6.07) is 14.4. The lowest BCUT2D eigenvalue weighted by Crippen LogP contribution is -2.16. The predicted octanol–water partition coefficient (Wildman–Crippen LogP) is 4.69. The summed E-state index contributed by atoms with van der Waals surface area (Å²) in [5, 5.41) is 8.91. The van der Waals surface area contributed by atoms with Crippen molar-refractivity contribution in [2.24, 2.45) is 0 Å². The molecule has 0 saturated heterocycles. The molecule has 0 amide bonds. The Morgan fingerprint density at radius 1 is 1.00 bits per heavy atom. The van der Waals surface area contributed by atoms with E-state index in [9.17, 15) is 4.39 Å². The molecule has 1 aromatic heterocycles. The van der Waals surface area contributed by atoms with E-state index in [1.807, 2.05) is 19.1 Å². The molecule has 0 aliphatic carbocycles. The normalized spacial score (nSPS) is 12.3. The molecule has 7 heteroatoms. The summed E-state index contributed by atoms with van der Waals surface area (Å²) in [4.78, 5) is 0. The first-order valence-electron chi connectivity index (χ1n) is 8.78. The molecule has 0 bridgehead atoms. The molecule has 0 spiro atoms. The molecule has 142 valence electrons. The van der Waals surface area contributed by atoms with Gasteiger partial charge >= 0.3 is 0 Å². The van der Waals surface area contributed by atoms with E-state index in [0.29, 0.717) is 16.9 Å². The molecule has 0 aliphatic heterocycles. The Kier molecular flexibility index (Phi) is 6.01. The van der Waals surface area contributed by atoms with Crippen molar-refractivity contribution in [1.29, 1.82) is 0 Å². The molecule has 0 aliphatic rings. The van der Waals surface area contributed by atoms with Crippen LogP contribution in [0.5, 0.6) is 5.75 Å². The van der Waals surface area contributed by atoms with Crippen molar-refractivity contribution < 1.29 is 9.13 Å². The predicted molar refractivity (Wildman–Crippen MR) is 106 cm³/mol. The molecule has 2 aromatic carbocycles. The van der Waals surface area contributed by atoms with Crippen molar-refractivity contribution in [1.82, 2.24) is 14.9 Å². The number of nitrogens with zero attached hydrogens (tertiary/aromatic N) is 3. The zero-order chi connectivity index (χ0) is 19.4.